The Bertz CT molecular complexity index is 1270. The lowest BCUT2D eigenvalue weighted by molar-refractivity contribution is -0.135. The molecule has 1 atom stereocenters. The molecule has 11 nitrogen and oxygen atoms in total. The van der Waals surface area contributed by atoms with Gasteiger partial charge in [-0.15, -0.1) is 0 Å². The summed E-state index contributed by atoms with van der Waals surface area (Å²) < 4.78 is 19.8. The van der Waals surface area contributed by atoms with Gasteiger partial charge in [0.2, 0.25) is 5.95 Å². The second kappa shape index (κ2) is 9.40. The number of rotatable bonds is 7. The number of halogens is 1. The Morgan fingerprint density at radius 2 is 1.88 bits per heavy atom. The number of carboxylic acid groups (broad SMARTS) is 1. The summed E-state index contributed by atoms with van der Waals surface area (Å²) in [6.07, 6.45) is 0.392. The molecule has 4 rings (SSSR count). The van der Waals surface area contributed by atoms with Gasteiger partial charge in [0.05, 0.1) is 11.9 Å². The highest BCUT2D eigenvalue weighted by Crippen LogP contribution is 2.33. The van der Waals surface area contributed by atoms with Crippen LogP contribution in [0, 0.1) is 5.82 Å². The minimum atomic E-state index is -1.15. The Morgan fingerprint density at radius 1 is 1.15 bits per heavy atom. The lowest BCUT2D eigenvalue weighted by atomic mass is 10.2. The molecule has 0 saturated heterocycles. The maximum absolute atomic E-state index is 14.3. The van der Waals surface area contributed by atoms with Gasteiger partial charge in [0, 0.05) is 16.9 Å². The van der Waals surface area contributed by atoms with E-state index >= 15 is 0 Å². The highest BCUT2D eigenvalue weighted by molar-refractivity contribution is 5.98. The van der Waals surface area contributed by atoms with Crippen molar-refractivity contribution in [3.63, 3.8) is 0 Å². The maximum Gasteiger partial charge on any atom is 0.322 e. The summed E-state index contributed by atoms with van der Waals surface area (Å²) in [4.78, 5) is 42.3. The quantitative estimate of drug-likeness (QED) is 0.353. The maximum atomic E-state index is 14.3. The molecule has 174 valence electrons. The lowest BCUT2D eigenvalue weighted by Gasteiger charge is -2.23. The number of nitrogens with zero attached hydrogens (tertiary/aromatic N) is 2. The van der Waals surface area contributed by atoms with Crippen LogP contribution in [0.4, 0.5) is 33.2 Å². The molecular weight excluding hydrogens is 447 g/mol. The molecule has 0 fully saturated rings. The molecule has 0 saturated carbocycles. The van der Waals surface area contributed by atoms with E-state index in [1.165, 1.54) is 12.1 Å². The first kappa shape index (κ1) is 22.5. The molecule has 0 bridgehead atoms. The van der Waals surface area contributed by atoms with Gasteiger partial charge in [-0.25, -0.2) is 9.37 Å². The van der Waals surface area contributed by atoms with Gasteiger partial charge >= 0.3 is 5.97 Å². The number of amides is 2. The average Bonchev–Trinajstić information content (AvgIpc) is 2.81. The standard InChI is InChI=1S/C22H19FN6O5/c1-11-20(32)28-16-8-14(6-7-17(16)34-11)26-19-15(23)9-25-22(29-19)27-13-4-2-12(3-5-13)21(33)24-10-18(30)31/h2-9,11H,10H2,1H3,(H,24,33)(H,28,32)(H,30,31)(H2,25,26,27,29)/t11-/m1/s1. The zero-order chi connectivity index (χ0) is 24.2. The molecule has 2 amide bonds. The molecule has 0 aliphatic carbocycles. The average molecular weight is 466 g/mol. The molecule has 2 aromatic carbocycles. The number of ether oxygens (including phenoxy) is 1. The zero-order valence-corrected chi connectivity index (χ0v) is 17.8. The summed E-state index contributed by atoms with van der Waals surface area (Å²) in [6, 6.07) is 11.0. The number of carbonyl (C=O) groups excluding carboxylic acids is 2. The smallest absolute Gasteiger partial charge is 0.322 e. The first-order valence-electron chi connectivity index (χ1n) is 10.1. The van der Waals surface area contributed by atoms with Crippen molar-refractivity contribution in [1.82, 2.24) is 15.3 Å². The molecule has 1 aliphatic heterocycles. The van der Waals surface area contributed by atoms with Crippen molar-refractivity contribution in [3.05, 3.63) is 60.0 Å². The van der Waals surface area contributed by atoms with Gasteiger partial charge in [-0.05, 0) is 49.4 Å². The molecule has 1 aliphatic rings. The SMILES string of the molecule is C[C@H]1Oc2ccc(Nc3nc(Nc4ccc(C(=O)NCC(=O)O)cc4)ncc3F)cc2NC1=O. The minimum Gasteiger partial charge on any atom is -0.480 e. The Kier molecular flexibility index (Phi) is 6.21. The number of carbonyl (C=O) groups is 3. The van der Waals surface area contributed by atoms with Crippen molar-refractivity contribution in [1.29, 1.82) is 0 Å². The minimum absolute atomic E-state index is 0.0930. The van der Waals surface area contributed by atoms with Gasteiger partial charge in [0.15, 0.2) is 17.7 Å². The van der Waals surface area contributed by atoms with Gasteiger partial charge in [0.25, 0.3) is 11.8 Å². The molecule has 0 spiro atoms. The van der Waals surface area contributed by atoms with Crippen molar-refractivity contribution < 1.29 is 28.6 Å². The van der Waals surface area contributed by atoms with Crippen LogP contribution in [0.15, 0.2) is 48.7 Å². The van der Waals surface area contributed by atoms with Crippen molar-refractivity contribution in [2.45, 2.75) is 13.0 Å². The molecule has 0 unspecified atom stereocenters. The van der Waals surface area contributed by atoms with E-state index in [2.05, 4.69) is 31.2 Å². The van der Waals surface area contributed by atoms with Crippen LogP contribution in [0.1, 0.15) is 17.3 Å². The summed E-state index contributed by atoms with van der Waals surface area (Å²) in [5, 5.41) is 19.4. The highest BCUT2D eigenvalue weighted by atomic mass is 19.1. The summed E-state index contributed by atoms with van der Waals surface area (Å²) >= 11 is 0. The number of hydrogen-bond donors (Lipinski definition) is 5. The van der Waals surface area contributed by atoms with Crippen molar-refractivity contribution in [2.75, 3.05) is 22.5 Å². The molecule has 2 heterocycles. The Labute approximate surface area is 192 Å². The van der Waals surface area contributed by atoms with E-state index in [-0.39, 0.29) is 23.2 Å². The Balaban J connectivity index is 1.45. The topological polar surface area (TPSA) is 155 Å². The molecule has 12 heteroatoms. The van der Waals surface area contributed by atoms with E-state index in [9.17, 15) is 18.8 Å². The number of aliphatic carboxylic acids is 1. The van der Waals surface area contributed by atoms with Crippen LogP contribution in [0.5, 0.6) is 5.75 Å². The van der Waals surface area contributed by atoms with E-state index in [4.69, 9.17) is 9.84 Å². The Morgan fingerprint density at radius 3 is 2.62 bits per heavy atom. The van der Waals surface area contributed by atoms with Crippen LogP contribution in [0.3, 0.4) is 0 Å². The predicted octanol–water partition coefficient (Wildman–Crippen LogP) is 2.64. The lowest BCUT2D eigenvalue weighted by Crippen LogP contribution is -2.34. The summed E-state index contributed by atoms with van der Waals surface area (Å²) in [5.41, 5.74) is 1.72. The van der Waals surface area contributed by atoms with E-state index < -0.39 is 30.3 Å². The fourth-order valence-corrected chi connectivity index (χ4v) is 3.03. The Hall–Kier alpha value is -4.74. The van der Waals surface area contributed by atoms with Gasteiger partial charge in [0.1, 0.15) is 12.3 Å². The number of aromatic nitrogens is 2. The molecule has 3 aromatic rings. The number of hydrogen-bond acceptors (Lipinski definition) is 8. The molecule has 0 radical (unpaired) electrons. The van der Waals surface area contributed by atoms with Gasteiger partial charge in [-0.1, -0.05) is 0 Å². The van der Waals surface area contributed by atoms with E-state index in [1.807, 2.05) is 0 Å². The molecule has 1 aromatic heterocycles. The van der Waals surface area contributed by atoms with E-state index in [1.54, 1.807) is 37.3 Å². The third-order valence-electron chi connectivity index (χ3n) is 4.72. The van der Waals surface area contributed by atoms with Crippen LogP contribution >= 0.6 is 0 Å². The molecule has 5 N–H and O–H groups in total. The summed E-state index contributed by atoms with van der Waals surface area (Å²) in [5.74, 6) is -2.15. The number of carboxylic acids is 1. The second-order valence-electron chi connectivity index (χ2n) is 7.25. The van der Waals surface area contributed by atoms with Crippen LogP contribution in [0.2, 0.25) is 0 Å². The number of nitrogens with one attached hydrogen (secondary N) is 4. The number of benzene rings is 2. The van der Waals surface area contributed by atoms with Gasteiger partial charge in [-0.2, -0.15) is 4.98 Å². The fraction of sp³-hybridized carbons (Fsp3) is 0.136. The van der Waals surface area contributed by atoms with Crippen molar-refractivity contribution in [2.24, 2.45) is 0 Å². The van der Waals surface area contributed by atoms with Gasteiger partial charge < -0.3 is 31.1 Å². The third kappa shape index (κ3) is 5.18. The summed E-state index contributed by atoms with van der Waals surface area (Å²) in [7, 11) is 0. The van der Waals surface area contributed by atoms with E-state index in [0.717, 1.165) is 6.20 Å². The molecular formula is C22H19FN6O5. The van der Waals surface area contributed by atoms with Crippen LogP contribution in [-0.4, -0.2) is 45.5 Å². The van der Waals surface area contributed by atoms with Crippen molar-refractivity contribution in [3.8, 4) is 5.75 Å². The zero-order valence-electron chi connectivity index (χ0n) is 17.8. The normalized spacial score (nSPS) is 14.3. The second-order valence-corrected chi connectivity index (χ2v) is 7.25. The van der Waals surface area contributed by atoms with Gasteiger partial charge in [-0.3, -0.25) is 14.4 Å². The van der Waals surface area contributed by atoms with Crippen molar-refractivity contribution >= 4 is 46.6 Å². The van der Waals surface area contributed by atoms with Crippen LogP contribution in [-0.2, 0) is 9.59 Å². The highest BCUT2D eigenvalue weighted by Gasteiger charge is 2.23. The van der Waals surface area contributed by atoms with Crippen LogP contribution in [0.25, 0.3) is 0 Å². The summed E-state index contributed by atoms with van der Waals surface area (Å²) in [6.45, 7) is 1.15. The third-order valence-corrected chi connectivity index (χ3v) is 4.72. The monoisotopic (exact) mass is 466 g/mol. The number of anilines is 5. The first-order chi connectivity index (χ1) is 16.3. The largest absolute Gasteiger partial charge is 0.480 e. The number of fused-ring (bicyclic) bond motifs is 1. The van der Waals surface area contributed by atoms with Crippen LogP contribution < -0.4 is 26.0 Å². The van der Waals surface area contributed by atoms with E-state index in [0.29, 0.717) is 22.8 Å². The predicted molar refractivity (Wildman–Crippen MR) is 120 cm³/mol. The first-order valence-corrected chi connectivity index (χ1v) is 10.1. The molecule has 34 heavy (non-hydrogen) atoms. The fourth-order valence-electron chi connectivity index (χ4n) is 3.03.